The number of hydrogen-bond donors (Lipinski definition) is 2. The number of rotatable bonds is 9. The minimum atomic E-state index is -4.46. The van der Waals surface area contributed by atoms with Gasteiger partial charge >= 0.3 is 12.1 Å². The summed E-state index contributed by atoms with van der Waals surface area (Å²) in [6, 6.07) is 3.37. The molecule has 1 aromatic carbocycles. The zero-order valence-corrected chi connectivity index (χ0v) is 14.7. The minimum absolute atomic E-state index is 0.0302. The average molecular weight is 377 g/mol. The van der Waals surface area contributed by atoms with E-state index in [4.69, 9.17) is 9.84 Å². The predicted molar refractivity (Wildman–Crippen MR) is 87.3 cm³/mol. The van der Waals surface area contributed by atoms with Crippen LogP contribution in [0, 0.1) is 5.92 Å². The van der Waals surface area contributed by atoms with E-state index in [0.717, 1.165) is 0 Å². The number of nitrogens with one attached hydrogen (secondary N) is 1. The molecular weight excluding hydrogens is 355 g/mol. The second-order valence-corrected chi connectivity index (χ2v) is 6.02. The zero-order valence-electron chi connectivity index (χ0n) is 14.7. The first-order valence-corrected chi connectivity index (χ1v) is 7.92. The summed E-state index contributed by atoms with van der Waals surface area (Å²) in [6.07, 6.45) is -4.16. The van der Waals surface area contributed by atoms with E-state index in [1.807, 2.05) is 0 Å². The van der Waals surface area contributed by atoms with Crippen molar-refractivity contribution in [3.05, 3.63) is 23.8 Å². The fraction of sp³-hybridized carbons (Fsp3) is 0.529. The Morgan fingerprint density at radius 1 is 1.23 bits per heavy atom. The Hall–Kier alpha value is -2.45. The van der Waals surface area contributed by atoms with Crippen molar-refractivity contribution < 1.29 is 37.3 Å². The number of amides is 1. The molecule has 0 aliphatic carbocycles. The first-order valence-electron chi connectivity index (χ1n) is 7.92. The van der Waals surface area contributed by atoms with Crippen LogP contribution in [0.1, 0.15) is 25.8 Å². The summed E-state index contributed by atoms with van der Waals surface area (Å²) in [6.45, 7) is 1.93. The van der Waals surface area contributed by atoms with E-state index < -0.39 is 30.7 Å². The van der Waals surface area contributed by atoms with Gasteiger partial charge in [0.15, 0.2) is 18.1 Å². The molecule has 0 bridgehead atoms. The number of carbonyl (C=O) groups is 2. The Labute approximate surface area is 149 Å². The number of aliphatic carboxylic acids is 1. The summed E-state index contributed by atoms with van der Waals surface area (Å²) < 4.78 is 46.4. The fourth-order valence-electron chi connectivity index (χ4n) is 2.16. The molecule has 0 aromatic heterocycles. The van der Waals surface area contributed by atoms with Gasteiger partial charge in [-0.15, -0.1) is 0 Å². The number of carbonyl (C=O) groups excluding carboxylic acids is 1. The topological polar surface area (TPSA) is 84.9 Å². The van der Waals surface area contributed by atoms with Crippen LogP contribution < -0.4 is 14.8 Å². The summed E-state index contributed by atoms with van der Waals surface area (Å²) in [7, 11) is 1.30. The van der Waals surface area contributed by atoms with Crippen molar-refractivity contribution in [1.82, 2.24) is 5.32 Å². The zero-order chi connectivity index (χ0) is 19.9. The maximum atomic E-state index is 12.2. The summed E-state index contributed by atoms with van der Waals surface area (Å²) in [5.41, 5.74) is 0.646. The maximum absolute atomic E-state index is 12.2. The van der Waals surface area contributed by atoms with Gasteiger partial charge in [-0.1, -0.05) is 19.9 Å². The van der Waals surface area contributed by atoms with Crippen LogP contribution >= 0.6 is 0 Å². The van der Waals surface area contributed by atoms with Crippen LogP contribution in [0.15, 0.2) is 18.2 Å². The van der Waals surface area contributed by atoms with Gasteiger partial charge in [-0.3, -0.25) is 4.79 Å². The standard InChI is InChI=1S/C17H22F3NO5/c1-10(2)15(16(23)24)21-14(22)7-5-11-4-6-12(13(8-11)25-3)26-9-17(18,19)20/h4,6,8,10,15H,5,7,9H2,1-3H3,(H,21,22)(H,23,24)/t15-/m0/s1. The SMILES string of the molecule is COc1cc(CCC(=O)N[C@H](C(=O)O)C(C)C)ccc1OCC(F)(F)F. The van der Waals surface area contributed by atoms with Crippen LogP contribution in [0.3, 0.4) is 0 Å². The molecule has 0 saturated heterocycles. The van der Waals surface area contributed by atoms with Gasteiger partial charge in [-0.2, -0.15) is 13.2 Å². The van der Waals surface area contributed by atoms with Gasteiger partial charge in [0, 0.05) is 6.42 Å². The highest BCUT2D eigenvalue weighted by atomic mass is 19.4. The minimum Gasteiger partial charge on any atom is -0.493 e. The number of hydrogen-bond acceptors (Lipinski definition) is 4. The van der Waals surface area contributed by atoms with Crippen LogP contribution in [-0.4, -0.2) is 42.9 Å². The van der Waals surface area contributed by atoms with E-state index in [-0.39, 0.29) is 30.3 Å². The molecule has 1 aromatic rings. The second-order valence-electron chi connectivity index (χ2n) is 6.02. The lowest BCUT2D eigenvalue weighted by atomic mass is 10.0. The van der Waals surface area contributed by atoms with Crippen molar-refractivity contribution in [2.24, 2.45) is 5.92 Å². The highest BCUT2D eigenvalue weighted by molar-refractivity contribution is 5.83. The van der Waals surface area contributed by atoms with Gasteiger partial charge in [0.2, 0.25) is 5.91 Å². The first kappa shape index (κ1) is 21.6. The second kappa shape index (κ2) is 9.30. The molecule has 2 N–H and O–H groups in total. The quantitative estimate of drug-likeness (QED) is 0.691. The molecule has 0 aliphatic heterocycles. The molecule has 0 radical (unpaired) electrons. The van der Waals surface area contributed by atoms with Gasteiger partial charge in [-0.25, -0.2) is 4.79 Å². The average Bonchev–Trinajstić information content (AvgIpc) is 2.54. The first-order chi connectivity index (χ1) is 12.0. The van der Waals surface area contributed by atoms with Crippen molar-refractivity contribution in [2.45, 2.75) is 38.9 Å². The molecule has 1 rings (SSSR count). The van der Waals surface area contributed by atoms with Gasteiger partial charge in [0.25, 0.3) is 0 Å². The van der Waals surface area contributed by atoms with Crippen molar-refractivity contribution in [2.75, 3.05) is 13.7 Å². The Morgan fingerprint density at radius 3 is 2.38 bits per heavy atom. The van der Waals surface area contributed by atoms with E-state index in [0.29, 0.717) is 5.56 Å². The van der Waals surface area contributed by atoms with Crippen LogP contribution in [0.5, 0.6) is 11.5 Å². The van der Waals surface area contributed by atoms with Crippen molar-refractivity contribution in [3.8, 4) is 11.5 Å². The van der Waals surface area contributed by atoms with E-state index >= 15 is 0 Å². The lowest BCUT2D eigenvalue weighted by Gasteiger charge is -2.18. The molecule has 6 nitrogen and oxygen atoms in total. The van der Waals surface area contributed by atoms with Gasteiger partial charge < -0.3 is 19.9 Å². The Bertz CT molecular complexity index is 631. The highest BCUT2D eigenvalue weighted by Crippen LogP contribution is 2.30. The molecule has 146 valence electrons. The third kappa shape index (κ3) is 7.20. The van der Waals surface area contributed by atoms with Gasteiger partial charge in [-0.05, 0) is 30.0 Å². The summed E-state index contributed by atoms with van der Waals surface area (Å²) >= 11 is 0. The normalized spacial score (nSPS) is 12.6. The number of carboxylic acid groups (broad SMARTS) is 1. The van der Waals surface area contributed by atoms with Gasteiger partial charge in [0.1, 0.15) is 6.04 Å². The maximum Gasteiger partial charge on any atom is 0.422 e. The molecule has 0 unspecified atom stereocenters. The lowest BCUT2D eigenvalue weighted by Crippen LogP contribution is -2.44. The third-order valence-electron chi connectivity index (χ3n) is 3.51. The van der Waals surface area contributed by atoms with Crippen molar-refractivity contribution in [1.29, 1.82) is 0 Å². The number of benzene rings is 1. The van der Waals surface area contributed by atoms with Crippen LogP contribution in [0.2, 0.25) is 0 Å². The molecule has 26 heavy (non-hydrogen) atoms. The summed E-state index contributed by atoms with van der Waals surface area (Å²) in [4.78, 5) is 23.0. The number of carboxylic acids is 1. The number of ether oxygens (including phenoxy) is 2. The molecule has 0 aliphatic rings. The molecule has 1 amide bonds. The predicted octanol–water partition coefficient (Wildman–Crippen LogP) is 2.79. The molecule has 0 heterocycles. The molecule has 1 atom stereocenters. The van der Waals surface area contributed by atoms with Crippen LogP contribution in [-0.2, 0) is 16.0 Å². The number of alkyl halides is 3. The number of halogens is 3. The van der Waals surface area contributed by atoms with Crippen LogP contribution in [0.4, 0.5) is 13.2 Å². The van der Waals surface area contributed by atoms with E-state index in [9.17, 15) is 22.8 Å². The fourth-order valence-corrected chi connectivity index (χ4v) is 2.16. The largest absolute Gasteiger partial charge is 0.493 e. The Balaban J connectivity index is 2.67. The van der Waals surface area contributed by atoms with E-state index in [2.05, 4.69) is 10.1 Å². The molecule has 0 fully saturated rings. The van der Waals surface area contributed by atoms with Crippen molar-refractivity contribution in [3.63, 3.8) is 0 Å². The van der Waals surface area contributed by atoms with E-state index in [1.54, 1.807) is 13.8 Å². The number of methoxy groups -OCH3 is 1. The summed E-state index contributed by atoms with van der Waals surface area (Å²) in [5, 5.41) is 11.5. The Kier molecular flexibility index (Phi) is 7.73. The Morgan fingerprint density at radius 2 is 1.88 bits per heavy atom. The summed E-state index contributed by atoms with van der Waals surface area (Å²) in [5.74, 6) is -1.73. The van der Waals surface area contributed by atoms with Crippen molar-refractivity contribution >= 4 is 11.9 Å². The lowest BCUT2D eigenvalue weighted by molar-refractivity contribution is -0.153. The molecule has 0 spiro atoms. The van der Waals surface area contributed by atoms with Gasteiger partial charge in [0.05, 0.1) is 7.11 Å². The monoisotopic (exact) mass is 377 g/mol. The number of aryl methyl sites for hydroxylation is 1. The third-order valence-corrected chi connectivity index (χ3v) is 3.51. The smallest absolute Gasteiger partial charge is 0.422 e. The van der Waals surface area contributed by atoms with Crippen LogP contribution in [0.25, 0.3) is 0 Å². The molecule has 0 saturated carbocycles. The molecule has 9 heteroatoms. The molecular formula is C17H22F3NO5. The van der Waals surface area contributed by atoms with E-state index in [1.165, 1.54) is 25.3 Å². The highest BCUT2D eigenvalue weighted by Gasteiger charge is 2.29.